The second-order valence-electron chi connectivity index (χ2n) is 8.59. The average molecular weight is 533 g/mol. The number of alkyl halides is 3. The van der Waals surface area contributed by atoms with E-state index < -0.39 is 39.6 Å². The number of aromatic nitrogens is 4. The molecule has 1 fully saturated rings. The van der Waals surface area contributed by atoms with E-state index in [1.165, 1.54) is 17.9 Å². The Balaban J connectivity index is 1.74. The maximum Gasteiger partial charge on any atom is 0.428 e. The van der Waals surface area contributed by atoms with Gasteiger partial charge in [0.05, 0.1) is 34.6 Å². The predicted octanol–water partition coefficient (Wildman–Crippen LogP) is 5.27. The number of nitrogens with two attached hydrogens (primary N) is 1. The molecular formula is C24H17ClF4N6O2. The number of halogens is 5. The average Bonchev–Trinajstić information content (AvgIpc) is 3.56. The fourth-order valence-corrected chi connectivity index (χ4v) is 4.45. The van der Waals surface area contributed by atoms with E-state index in [2.05, 4.69) is 20.1 Å². The topological polar surface area (TPSA) is 103 Å². The predicted molar refractivity (Wildman–Crippen MR) is 128 cm³/mol. The van der Waals surface area contributed by atoms with Gasteiger partial charge in [0.1, 0.15) is 11.6 Å². The highest BCUT2D eigenvalue weighted by Crippen LogP contribution is 2.55. The van der Waals surface area contributed by atoms with Crippen LogP contribution >= 0.6 is 11.6 Å². The molecule has 13 heteroatoms. The van der Waals surface area contributed by atoms with E-state index in [9.17, 15) is 18.0 Å². The van der Waals surface area contributed by atoms with Crippen LogP contribution in [0.4, 0.5) is 23.2 Å². The largest absolute Gasteiger partial charge is 0.489 e. The fraction of sp³-hybridized carbons (Fsp3) is 0.250. The molecule has 0 unspecified atom stereocenters. The molecule has 190 valence electrons. The van der Waals surface area contributed by atoms with Crippen molar-refractivity contribution in [3.8, 4) is 28.1 Å². The van der Waals surface area contributed by atoms with Gasteiger partial charge < -0.3 is 10.5 Å². The molecule has 1 aliphatic rings. The number of H-pyrrole nitrogens is 1. The summed E-state index contributed by atoms with van der Waals surface area (Å²) in [5.74, 6) is -1.48. The number of nitrogens with zero attached hydrogens (tertiary/aromatic N) is 4. The van der Waals surface area contributed by atoms with Crippen molar-refractivity contribution in [2.24, 2.45) is 12.8 Å². The summed E-state index contributed by atoms with van der Waals surface area (Å²) in [7, 11) is 1.49. The van der Waals surface area contributed by atoms with E-state index in [4.69, 9.17) is 28.6 Å². The molecule has 2 heterocycles. The number of rotatable bonds is 5. The molecule has 0 bridgehead atoms. The van der Waals surface area contributed by atoms with Gasteiger partial charge in [-0.3, -0.25) is 9.48 Å². The number of ether oxygens (including phenoxy) is 1. The first-order chi connectivity index (χ1) is 17.5. The Kier molecular flexibility index (Phi) is 5.73. The lowest BCUT2D eigenvalue weighted by Crippen LogP contribution is -2.36. The molecule has 0 atom stereocenters. The van der Waals surface area contributed by atoms with Gasteiger partial charge in [0, 0.05) is 42.9 Å². The van der Waals surface area contributed by atoms with E-state index in [-0.39, 0.29) is 30.6 Å². The van der Waals surface area contributed by atoms with Crippen LogP contribution in [0.2, 0.25) is 5.02 Å². The molecule has 0 saturated heterocycles. The van der Waals surface area contributed by atoms with Gasteiger partial charge in [0.15, 0.2) is 0 Å². The molecule has 5 rings (SSSR count). The number of fused-ring (bicyclic) bond motifs is 1. The second-order valence-corrected chi connectivity index (χ2v) is 9.00. The van der Waals surface area contributed by atoms with Crippen LogP contribution in [0.3, 0.4) is 0 Å². The molecule has 3 N–H and O–H groups in total. The summed E-state index contributed by atoms with van der Waals surface area (Å²) in [6, 6.07) is 5.65. The molecule has 0 amide bonds. The monoisotopic (exact) mass is 532 g/mol. The highest BCUT2D eigenvalue weighted by molar-refractivity contribution is 6.31. The van der Waals surface area contributed by atoms with Crippen molar-refractivity contribution in [1.29, 1.82) is 0 Å². The SMILES string of the molecule is [C-]#[N+]c1c(OC2(C(F)(F)F)CC2)cc(Cl)c(F)c1-c1c(-c2ccc3c(=O)[nH]nc(CN)c3c2)cnn1C. The van der Waals surface area contributed by atoms with Crippen molar-refractivity contribution in [2.45, 2.75) is 31.2 Å². The summed E-state index contributed by atoms with van der Waals surface area (Å²) in [6.07, 6.45) is -3.85. The van der Waals surface area contributed by atoms with E-state index in [1.54, 1.807) is 18.2 Å². The Morgan fingerprint density at radius 2 is 2.03 bits per heavy atom. The van der Waals surface area contributed by atoms with Crippen LogP contribution in [0.15, 0.2) is 35.3 Å². The smallest absolute Gasteiger partial charge is 0.428 e. The van der Waals surface area contributed by atoms with Crippen molar-refractivity contribution < 1.29 is 22.3 Å². The van der Waals surface area contributed by atoms with Crippen molar-refractivity contribution >= 4 is 28.1 Å². The number of nitrogens with one attached hydrogen (secondary N) is 1. The van der Waals surface area contributed by atoms with Gasteiger partial charge in [-0.05, 0) is 23.8 Å². The third kappa shape index (κ3) is 3.91. The molecule has 8 nitrogen and oxygen atoms in total. The molecule has 2 aromatic heterocycles. The summed E-state index contributed by atoms with van der Waals surface area (Å²) >= 11 is 6.09. The Morgan fingerprint density at radius 3 is 2.65 bits per heavy atom. The zero-order valence-corrected chi connectivity index (χ0v) is 19.8. The Labute approximate surface area is 211 Å². The molecule has 1 saturated carbocycles. The summed E-state index contributed by atoms with van der Waals surface area (Å²) in [6.45, 7) is 7.70. The molecule has 0 radical (unpaired) electrons. The molecule has 37 heavy (non-hydrogen) atoms. The van der Waals surface area contributed by atoms with Crippen LogP contribution < -0.4 is 16.0 Å². The Bertz CT molecular complexity index is 1670. The minimum atomic E-state index is -4.68. The van der Waals surface area contributed by atoms with E-state index in [1.807, 2.05) is 0 Å². The Hall–Kier alpha value is -3.95. The van der Waals surface area contributed by atoms with Crippen LogP contribution in [-0.2, 0) is 13.6 Å². The number of benzene rings is 2. The van der Waals surface area contributed by atoms with Crippen LogP contribution in [0.5, 0.6) is 5.75 Å². The lowest BCUT2D eigenvalue weighted by molar-refractivity contribution is -0.208. The van der Waals surface area contributed by atoms with Gasteiger partial charge >= 0.3 is 6.18 Å². The third-order valence-electron chi connectivity index (χ3n) is 6.34. The van der Waals surface area contributed by atoms with Crippen LogP contribution in [-0.4, -0.2) is 31.8 Å². The lowest BCUT2D eigenvalue weighted by atomic mass is 9.97. The van der Waals surface area contributed by atoms with Gasteiger partial charge in [-0.15, -0.1) is 0 Å². The minimum absolute atomic E-state index is 0.0308. The summed E-state index contributed by atoms with van der Waals surface area (Å²) in [4.78, 5) is 15.5. The summed E-state index contributed by atoms with van der Waals surface area (Å²) in [5.41, 5.74) is 3.37. The third-order valence-corrected chi connectivity index (χ3v) is 6.62. The van der Waals surface area contributed by atoms with E-state index in [0.29, 0.717) is 27.6 Å². The van der Waals surface area contributed by atoms with Crippen molar-refractivity contribution in [3.63, 3.8) is 0 Å². The van der Waals surface area contributed by atoms with Gasteiger partial charge in [-0.25, -0.2) is 14.3 Å². The lowest BCUT2D eigenvalue weighted by Gasteiger charge is -2.23. The van der Waals surface area contributed by atoms with E-state index in [0.717, 1.165) is 6.07 Å². The maximum atomic E-state index is 15.5. The zero-order chi connectivity index (χ0) is 26.7. The summed E-state index contributed by atoms with van der Waals surface area (Å²) < 4.78 is 62.8. The van der Waals surface area contributed by atoms with Crippen LogP contribution in [0.1, 0.15) is 18.5 Å². The van der Waals surface area contributed by atoms with Crippen LogP contribution in [0, 0.1) is 12.4 Å². The van der Waals surface area contributed by atoms with Crippen LogP contribution in [0.25, 0.3) is 38.0 Å². The van der Waals surface area contributed by atoms with E-state index >= 15 is 4.39 Å². The molecule has 1 aliphatic carbocycles. The number of aryl methyl sites for hydroxylation is 1. The standard InChI is InChI=1S/C24H17ClF4N6O2/c1-31-20-17(37-23(5-6-23)24(27,28)29)8-15(25)19(26)18(20)21-14(10-32-35(21)2)11-3-4-12-13(7-11)16(9-30)33-34-22(12)36/h3-4,7-8,10H,5-6,9,30H2,2H3,(H,34,36). The Morgan fingerprint density at radius 1 is 1.30 bits per heavy atom. The van der Waals surface area contributed by atoms with Crippen molar-refractivity contribution in [1.82, 2.24) is 20.0 Å². The first-order valence-electron chi connectivity index (χ1n) is 10.9. The highest BCUT2D eigenvalue weighted by Gasteiger charge is 2.66. The molecule has 0 spiro atoms. The molecule has 2 aromatic carbocycles. The summed E-state index contributed by atoms with van der Waals surface area (Å²) in [5, 5.41) is 10.8. The van der Waals surface area contributed by atoms with Gasteiger partial charge in [-0.2, -0.15) is 23.4 Å². The molecule has 0 aliphatic heterocycles. The molecule has 4 aromatic rings. The van der Waals surface area contributed by atoms with Gasteiger partial charge in [0.25, 0.3) is 5.56 Å². The quantitative estimate of drug-likeness (QED) is 0.269. The maximum absolute atomic E-state index is 15.5. The van der Waals surface area contributed by atoms with Crippen molar-refractivity contribution in [3.05, 3.63) is 68.8 Å². The van der Waals surface area contributed by atoms with Gasteiger partial charge in [-0.1, -0.05) is 17.7 Å². The van der Waals surface area contributed by atoms with Gasteiger partial charge in [0.2, 0.25) is 11.3 Å². The fourth-order valence-electron chi connectivity index (χ4n) is 4.25. The normalized spacial score (nSPS) is 14.5. The number of aromatic amines is 1. The molecular weight excluding hydrogens is 516 g/mol. The minimum Gasteiger partial charge on any atom is -0.489 e. The number of hydrogen-bond donors (Lipinski definition) is 2. The number of hydrogen-bond acceptors (Lipinski definition) is 5. The van der Waals surface area contributed by atoms with Crippen molar-refractivity contribution in [2.75, 3.05) is 0 Å². The first kappa shape index (κ1) is 24.7. The highest BCUT2D eigenvalue weighted by atomic mass is 35.5. The zero-order valence-electron chi connectivity index (χ0n) is 19.1. The first-order valence-corrected chi connectivity index (χ1v) is 11.3. The second kappa shape index (κ2) is 8.57.